The molecule has 1 rings (SSSR count). The fourth-order valence-corrected chi connectivity index (χ4v) is 1.16. The Hall–Kier alpha value is -0.470. The first-order valence-electron chi connectivity index (χ1n) is 3.50. The minimum atomic E-state index is -2.67. The number of aliphatic imine (C=N–C) groups is 1. The third-order valence-electron chi connectivity index (χ3n) is 2.04. The van der Waals surface area contributed by atoms with Crippen molar-refractivity contribution in [3.05, 3.63) is 0 Å². The maximum Gasteiger partial charge on any atom is 0.287 e. The predicted molar refractivity (Wildman–Crippen MR) is 36.7 cm³/mol. The summed E-state index contributed by atoms with van der Waals surface area (Å²) in [6.45, 7) is 3.42. The van der Waals surface area contributed by atoms with Crippen LogP contribution in [0.5, 0.6) is 0 Å². The van der Waals surface area contributed by atoms with E-state index in [-0.39, 0.29) is 6.04 Å². The van der Waals surface area contributed by atoms with E-state index in [0.717, 1.165) is 6.21 Å². The Balaban J connectivity index is 2.68. The van der Waals surface area contributed by atoms with Crippen LogP contribution < -0.4 is 0 Å². The van der Waals surface area contributed by atoms with E-state index in [1.165, 1.54) is 0 Å². The van der Waals surface area contributed by atoms with Crippen molar-refractivity contribution in [1.29, 1.82) is 0 Å². The number of nitrogens with zero attached hydrogens (tertiary/aromatic N) is 1. The summed E-state index contributed by atoms with van der Waals surface area (Å²) >= 11 is 0. The zero-order chi connectivity index (χ0) is 7.78. The van der Waals surface area contributed by atoms with Gasteiger partial charge in [-0.05, 0) is 6.42 Å². The maximum atomic E-state index is 12.6. The molecule has 3 heteroatoms. The van der Waals surface area contributed by atoms with E-state index < -0.39 is 11.8 Å². The monoisotopic (exact) mass is 147 g/mol. The van der Waals surface area contributed by atoms with E-state index >= 15 is 0 Å². The van der Waals surface area contributed by atoms with Gasteiger partial charge in [0.05, 0.1) is 12.3 Å². The number of alkyl halides is 2. The van der Waals surface area contributed by atoms with Crippen LogP contribution in [0.2, 0.25) is 0 Å². The molecule has 0 aromatic carbocycles. The van der Waals surface area contributed by atoms with Crippen LogP contribution in [0.25, 0.3) is 0 Å². The fourth-order valence-electron chi connectivity index (χ4n) is 1.16. The van der Waals surface area contributed by atoms with Crippen molar-refractivity contribution in [3.8, 4) is 0 Å². The summed E-state index contributed by atoms with van der Waals surface area (Å²) in [6.07, 6.45) is 1.49. The van der Waals surface area contributed by atoms with E-state index in [4.69, 9.17) is 0 Å². The highest BCUT2D eigenvalue weighted by atomic mass is 19.3. The van der Waals surface area contributed by atoms with Crippen molar-refractivity contribution < 1.29 is 8.78 Å². The zero-order valence-corrected chi connectivity index (χ0v) is 6.14. The SMILES string of the molecule is CC[C@H]1N=CC(F)(F)[C@@H]1C. The van der Waals surface area contributed by atoms with Crippen molar-refractivity contribution in [2.75, 3.05) is 0 Å². The maximum absolute atomic E-state index is 12.6. The zero-order valence-electron chi connectivity index (χ0n) is 6.14. The molecular formula is C7H11F2N. The molecule has 1 aliphatic heterocycles. The van der Waals surface area contributed by atoms with Gasteiger partial charge in [0.25, 0.3) is 5.92 Å². The van der Waals surface area contributed by atoms with Gasteiger partial charge in [0.15, 0.2) is 0 Å². The molecule has 1 aliphatic rings. The van der Waals surface area contributed by atoms with Crippen LogP contribution in [-0.2, 0) is 0 Å². The standard InChI is InChI=1S/C7H11F2N/c1-3-6-5(2)7(8,9)4-10-6/h4-6H,3H2,1-2H3/t5-,6-/m1/s1. The number of hydrogen-bond acceptors (Lipinski definition) is 1. The predicted octanol–water partition coefficient (Wildman–Crippen LogP) is 2.12. The molecule has 0 radical (unpaired) electrons. The lowest BCUT2D eigenvalue weighted by molar-refractivity contribution is 0.0272. The molecule has 0 saturated carbocycles. The van der Waals surface area contributed by atoms with Gasteiger partial charge in [-0.2, -0.15) is 8.78 Å². The summed E-state index contributed by atoms with van der Waals surface area (Å²) in [5.74, 6) is -3.28. The van der Waals surface area contributed by atoms with Crippen LogP contribution in [0.4, 0.5) is 8.78 Å². The van der Waals surface area contributed by atoms with Crippen LogP contribution in [0.3, 0.4) is 0 Å². The summed E-state index contributed by atoms with van der Waals surface area (Å²) in [4.78, 5) is 3.71. The van der Waals surface area contributed by atoms with Crippen LogP contribution in [0, 0.1) is 5.92 Å². The molecule has 0 bridgehead atoms. The van der Waals surface area contributed by atoms with Gasteiger partial charge in [0.1, 0.15) is 0 Å². The summed E-state index contributed by atoms with van der Waals surface area (Å²) < 4.78 is 25.3. The van der Waals surface area contributed by atoms with Crippen LogP contribution in [-0.4, -0.2) is 18.2 Å². The third-order valence-corrected chi connectivity index (χ3v) is 2.04. The van der Waals surface area contributed by atoms with Gasteiger partial charge in [0, 0.05) is 5.92 Å². The molecule has 0 spiro atoms. The molecule has 58 valence electrons. The Morgan fingerprint density at radius 2 is 2.20 bits per heavy atom. The summed E-state index contributed by atoms with van der Waals surface area (Å²) in [5, 5.41) is 0. The number of hydrogen-bond donors (Lipinski definition) is 0. The van der Waals surface area contributed by atoms with Gasteiger partial charge >= 0.3 is 0 Å². The number of rotatable bonds is 1. The topological polar surface area (TPSA) is 12.4 Å². The normalized spacial score (nSPS) is 36.8. The first-order valence-corrected chi connectivity index (χ1v) is 3.50. The van der Waals surface area contributed by atoms with E-state index in [9.17, 15) is 8.78 Å². The molecule has 0 fully saturated rings. The van der Waals surface area contributed by atoms with Gasteiger partial charge in [0.2, 0.25) is 0 Å². The second-order valence-electron chi connectivity index (χ2n) is 2.72. The van der Waals surface area contributed by atoms with Gasteiger partial charge in [-0.25, -0.2) is 0 Å². The van der Waals surface area contributed by atoms with Gasteiger partial charge in [-0.1, -0.05) is 13.8 Å². The highest BCUT2D eigenvalue weighted by Gasteiger charge is 2.43. The molecule has 2 atom stereocenters. The molecule has 0 aliphatic carbocycles. The minimum absolute atomic E-state index is 0.171. The second kappa shape index (κ2) is 2.29. The van der Waals surface area contributed by atoms with E-state index in [0.29, 0.717) is 6.42 Å². The Kier molecular flexibility index (Phi) is 1.75. The molecule has 1 heterocycles. The summed E-state index contributed by atoms with van der Waals surface area (Å²) in [7, 11) is 0. The van der Waals surface area contributed by atoms with Crippen molar-refractivity contribution in [3.63, 3.8) is 0 Å². The van der Waals surface area contributed by atoms with Gasteiger partial charge in [-0.3, -0.25) is 4.99 Å². The fraction of sp³-hybridized carbons (Fsp3) is 0.857. The Morgan fingerprint density at radius 1 is 1.60 bits per heavy atom. The highest BCUT2D eigenvalue weighted by Crippen LogP contribution is 2.33. The molecule has 0 N–H and O–H groups in total. The number of halogens is 2. The summed E-state index contributed by atoms with van der Waals surface area (Å²) in [5.41, 5.74) is 0. The van der Waals surface area contributed by atoms with Crippen molar-refractivity contribution in [2.24, 2.45) is 10.9 Å². The lowest BCUT2D eigenvalue weighted by atomic mass is 9.98. The van der Waals surface area contributed by atoms with E-state index in [2.05, 4.69) is 4.99 Å². The molecule has 0 aromatic rings. The molecule has 1 nitrogen and oxygen atoms in total. The first kappa shape index (κ1) is 7.63. The molecule has 0 aromatic heterocycles. The van der Waals surface area contributed by atoms with Gasteiger partial charge < -0.3 is 0 Å². The lowest BCUT2D eigenvalue weighted by Gasteiger charge is -2.16. The van der Waals surface area contributed by atoms with E-state index in [1.807, 2.05) is 6.92 Å². The first-order chi connectivity index (χ1) is 4.58. The average Bonchev–Trinajstić information content (AvgIpc) is 2.10. The van der Waals surface area contributed by atoms with Crippen molar-refractivity contribution in [2.45, 2.75) is 32.2 Å². The quantitative estimate of drug-likeness (QED) is 0.538. The van der Waals surface area contributed by atoms with Crippen LogP contribution in [0.15, 0.2) is 4.99 Å². The molecule has 0 amide bonds. The molecule has 0 unspecified atom stereocenters. The minimum Gasteiger partial charge on any atom is -0.287 e. The smallest absolute Gasteiger partial charge is 0.287 e. The largest absolute Gasteiger partial charge is 0.287 e. The average molecular weight is 147 g/mol. The molecular weight excluding hydrogens is 136 g/mol. The Morgan fingerprint density at radius 3 is 2.40 bits per heavy atom. The van der Waals surface area contributed by atoms with Crippen LogP contribution in [0.1, 0.15) is 20.3 Å². The molecule has 0 saturated heterocycles. The van der Waals surface area contributed by atoms with E-state index in [1.54, 1.807) is 6.92 Å². The third kappa shape index (κ3) is 1.04. The highest BCUT2D eigenvalue weighted by molar-refractivity contribution is 5.69. The lowest BCUT2D eigenvalue weighted by Crippen LogP contribution is -2.28. The van der Waals surface area contributed by atoms with Gasteiger partial charge in [-0.15, -0.1) is 0 Å². The van der Waals surface area contributed by atoms with Crippen molar-refractivity contribution in [1.82, 2.24) is 0 Å². The van der Waals surface area contributed by atoms with Crippen molar-refractivity contribution >= 4 is 6.21 Å². The summed E-state index contributed by atoms with van der Waals surface area (Å²) in [6, 6.07) is -0.171. The Bertz CT molecular complexity index is 154. The Labute approximate surface area is 59.1 Å². The molecule has 10 heavy (non-hydrogen) atoms. The second-order valence-corrected chi connectivity index (χ2v) is 2.72. The van der Waals surface area contributed by atoms with Crippen LogP contribution >= 0.6 is 0 Å².